The van der Waals surface area contributed by atoms with Crippen LogP contribution in [-0.2, 0) is 23.5 Å². The molecule has 1 heteroatoms. The predicted molar refractivity (Wildman–Crippen MR) is 78.9 cm³/mol. The zero-order valence-corrected chi connectivity index (χ0v) is 12.2. The molecule has 0 saturated heterocycles. The van der Waals surface area contributed by atoms with Crippen LogP contribution in [0.15, 0.2) is 78.9 Å². The molecule has 0 saturated carbocycles. The van der Waals surface area contributed by atoms with E-state index in [0.717, 1.165) is 6.42 Å². The predicted octanol–water partition coefficient (Wildman–Crippen LogP) is 5.04. The first kappa shape index (κ1) is 15.5. The van der Waals surface area contributed by atoms with Crippen molar-refractivity contribution in [1.82, 2.24) is 0 Å². The second-order valence-electron chi connectivity index (χ2n) is 4.15. The van der Waals surface area contributed by atoms with Gasteiger partial charge in [-0.1, -0.05) is 30.7 Å². The van der Waals surface area contributed by atoms with Gasteiger partial charge in [-0.15, -0.1) is 35.4 Å². The molecule has 0 aromatic heterocycles. The number of rotatable bonds is 2. The van der Waals surface area contributed by atoms with Crippen molar-refractivity contribution in [1.29, 1.82) is 0 Å². The largest absolute Gasteiger partial charge is 2.00 e. The second-order valence-corrected chi connectivity index (χ2v) is 4.15. The summed E-state index contributed by atoms with van der Waals surface area (Å²) in [6, 6.07) is 27.1. The van der Waals surface area contributed by atoms with E-state index in [1.54, 1.807) is 0 Å². The molecule has 3 aromatic carbocycles. The van der Waals surface area contributed by atoms with Gasteiger partial charge in [0.05, 0.1) is 0 Å². The molecule has 0 N–H and O–H groups in total. The summed E-state index contributed by atoms with van der Waals surface area (Å²) in [6.45, 7) is 2.20. The van der Waals surface area contributed by atoms with Gasteiger partial charge in [0.1, 0.15) is 0 Å². The molecule has 0 bridgehead atoms. The normalized spacial score (nSPS) is 9.11. The first-order valence-corrected chi connectivity index (χ1v) is 6.38. The van der Waals surface area contributed by atoms with Gasteiger partial charge >= 0.3 is 17.1 Å². The minimum atomic E-state index is 0. The molecular weight excluding hydrogens is 272 g/mol. The van der Waals surface area contributed by atoms with Gasteiger partial charge in [-0.3, -0.25) is 0 Å². The molecule has 0 aliphatic rings. The zero-order valence-electron chi connectivity index (χ0n) is 11.1. The van der Waals surface area contributed by atoms with Crippen molar-refractivity contribution >= 4 is 0 Å². The fourth-order valence-electron chi connectivity index (χ4n) is 1.99. The van der Waals surface area contributed by atoms with E-state index in [9.17, 15) is 0 Å². The van der Waals surface area contributed by atoms with Gasteiger partial charge in [0.15, 0.2) is 0 Å². The Morgan fingerprint density at radius 2 is 1.58 bits per heavy atom. The Bertz CT molecular complexity index is 515. The monoisotopic (exact) mass is 290 g/mol. The Kier molecular flexibility index (Phi) is 6.95. The number of hydrogen-bond acceptors (Lipinski definition) is 0. The Hall–Kier alpha value is -1.56. The van der Waals surface area contributed by atoms with Crippen molar-refractivity contribution in [2.45, 2.75) is 13.3 Å². The summed E-state index contributed by atoms with van der Waals surface area (Å²) in [5, 5.41) is 0. The Labute approximate surface area is 126 Å². The van der Waals surface area contributed by atoms with Crippen LogP contribution in [0.1, 0.15) is 12.5 Å². The molecule has 0 nitrogen and oxygen atoms in total. The minimum absolute atomic E-state index is 0. The molecular formula is C18H18Fe. The van der Waals surface area contributed by atoms with Crippen molar-refractivity contribution in [3.63, 3.8) is 0 Å². The average molecular weight is 290 g/mol. The smallest absolute Gasteiger partial charge is 0.214 e. The van der Waals surface area contributed by atoms with Gasteiger partial charge in [0, 0.05) is 0 Å². The Morgan fingerprint density at radius 1 is 0.895 bits per heavy atom. The third-order valence-electron chi connectivity index (χ3n) is 2.93. The van der Waals surface area contributed by atoms with E-state index in [1.807, 2.05) is 30.3 Å². The van der Waals surface area contributed by atoms with E-state index in [4.69, 9.17) is 0 Å². The topological polar surface area (TPSA) is 0 Å². The van der Waals surface area contributed by atoms with Gasteiger partial charge < -0.3 is 0 Å². The average Bonchev–Trinajstić information content (AvgIpc) is 3.13. The van der Waals surface area contributed by atoms with Gasteiger partial charge in [-0.2, -0.15) is 24.3 Å². The van der Waals surface area contributed by atoms with Crippen molar-refractivity contribution < 1.29 is 17.1 Å². The van der Waals surface area contributed by atoms with Gasteiger partial charge in [0.25, 0.3) is 0 Å². The summed E-state index contributed by atoms with van der Waals surface area (Å²) >= 11 is 0. The molecule has 0 radical (unpaired) electrons. The van der Waals surface area contributed by atoms with E-state index in [0.29, 0.717) is 0 Å². The summed E-state index contributed by atoms with van der Waals surface area (Å²) in [5.74, 6) is 0. The van der Waals surface area contributed by atoms with E-state index in [-0.39, 0.29) is 17.1 Å². The van der Waals surface area contributed by atoms with Crippen LogP contribution in [0.4, 0.5) is 0 Å². The van der Waals surface area contributed by atoms with Gasteiger partial charge in [-0.25, -0.2) is 12.1 Å². The third kappa shape index (κ3) is 4.55. The fraction of sp³-hybridized carbons (Fsp3) is 0.111. The van der Waals surface area contributed by atoms with Crippen molar-refractivity contribution in [3.05, 3.63) is 84.4 Å². The fourth-order valence-corrected chi connectivity index (χ4v) is 1.99. The Balaban J connectivity index is 0.000000256. The third-order valence-corrected chi connectivity index (χ3v) is 2.93. The number of aryl methyl sites for hydroxylation is 1. The van der Waals surface area contributed by atoms with Crippen LogP contribution < -0.4 is 0 Å². The van der Waals surface area contributed by atoms with Crippen LogP contribution in [-0.4, -0.2) is 0 Å². The van der Waals surface area contributed by atoms with E-state index >= 15 is 0 Å². The van der Waals surface area contributed by atoms with E-state index in [2.05, 4.69) is 55.5 Å². The van der Waals surface area contributed by atoms with Crippen LogP contribution in [0.25, 0.3) is 11.1 Å². The SMILES string of the molecule is CCc1ccc[c-]1-c1ccccc1.[Fe+2].c1cc[cH-]c1. The molecule has 0 aliphatic carbocycles. The first-order valence-electron chi connectivity index (χ1n) is 6.38. The van der Waals surface area contributed by atoms with Crippen molar-refractivity contribution in [2.75, 3.05) is 0 Å². The first-order chi connectivity index (χ1) is 8.92. The van der Waals surface area contributed by atoms with Gasteiger partial charge in [0.2, 0.25) is 0 Å². The molecule has 0 spiro atoms. The zero-order chi connectivity index (χ0) is 12.6. The van der Waals surface area contributed by atoms with Crippen LogP contribution in [0.5, 0.6) is 0 Å². The summed E-state index contributed by atoms with van der Waals surface area (Å²) in [4.78, 5) is 0. The van der Waals surface area contributed by atoms with Crippen LogP contribution in [0, 0.1) is 0 Å². The molecule has 19 heavy (non-hydrogen) atoms. The molecule has 3 aromatic rings. The van der Waals surface area contributed by atoms with E-state index in [1.165, 1.54) is 16.7 Å². The molecule has 0 unspecified atom stereocenters. The summed E-state index contributed by atoms with van der Waals surface area (Å²) < 4.78 is 0. The second kappa shape index (κ2) is 8.53. The number of hydrogen-bond donors (Lipinski definition) is 0. The number of benzene rings is 1. The molecule has 0 atom stereocenters. The maximum Gasteiger partial charge on any atom is 2.00 e. The maximum absolute atomic E-state index is 2.20. The van der Waals surface area contributed by atoms with Crippen LogP contribution in [0.3, 0.4) is 0 Å². The van der Waals surface area contributed by atoms with Crippen LogP contribution in [0.2, 0.25) is 0 Å². The Morgan fingerprint density at radius 3 is 2.11 bits per heavy atom. The standard InChI is InChI=1S/C13H13.C5H5.Fe/c1-2-11-9-6-10-13(11)12-7-4-3-5-8-12;1-2-4-5-3-1;/h3-10H,2H2,1H3;1-5H;/q2*-1;+2. The molecule has 0 fully saturated rings. The molecule has 0 amide bonds. The van der Waals surface area contributed by atoms with Gasteiger partial charge in [-0.05, 0) is 6.42 Å². The van der Waals surface area contributed by atoms with Crippen LogP contribution >= 0.6 is 0 Å². The molecule has 0 aliphatic heterocycles. The summed E-state index contributed by atoms with van der Waals surface area (Å²) in [5.41, 5.74) is 4.14. The van der Waals surface area contributed by atoms with Crippen molar-refractivity contribution in [3.8, 4) is 11.1 Å². The maximum atomic E-state index is 2.20. The molecule has 98 valence electrons. The molecule has 0 heterocycles. The molecule has 3 rings (SSSR count). The van der Waals surface area contributed by atoms with Crippen molar-refractivity contribution in [2.24, 2.45) is 0 Å². The van der Waals surface area contributed by atoms with E-state index < -0.39 is 0 Å². The summed E-state index contributed by atoms with van der Waals surface area (Å²) in [6.07, 6.45) is 1.11. The quantitative estimate of drug-likeness (QED) is 0.458. The summed E-state index contributed by atoms with van der Waals surface area (Å²) in [7, 11) is 0. The minimum Gasteiger partial charge on any atom is -0.214 e.